The highest BCUT2D eigenvalue weighted by atomic mass is 16.5. The summed E-state index contributed by atoms with van der Waals surface area (Å²) in [6, 6.07) is 0. The molecule has 4 rings (SSSR count). The molecule has 0 spiro atoms. The fourth-order valence-electron chi connectivity index (χ4n) is 4.51. The van der Waals surface area contributed by atoms with Crippen LogP contribution in [0.15, 0.2) is 4.52 Å². The van der Waals surface area contributed by atoms with Crippen LogP contribution in [0.3, 0.4) is 0 Å². The standard InChI is InChI=1S/C19H29N3O3/c23-19(16-3-1-2-4-16)22-9-5-14(6-10-22)13-17-20-18(21-25-17)15-7-11-24-12-8-15/h14-16H,1-13H2. The Hall–Kier alpha value is -1.43. The second-order valence-electron chi connectivity index (χ2n) is 7.89. The number of amides is 1. The number of carbonyl (C=O) groups excluding carboxylic acids is 1. The van der Waals surface area contributed by atoms with E-state index in [1.54, 1.807) is 0 Å². The van der Waals surface area contributed by atoms with Gasteiger partial charge in [-0.15, -0.1) is 0 Å². The van der Waals surface area contributed by atoms with Gasteiger partial charge in [0, 0.05) is 44.6 Å². The molecule has 1 amide bonds. The Morgan fingerprint density at radius 3 is 2.48 bits per heavy atom. The third kappa shape index (κ3) is 4.05. The zero-order chi connectivity index (χ0) is 17.1. The van der Waals surface area contributed by atoms with E-state index in [2.05, 4.69) is 15.0 Å². The van der Waals surface area contributed by atoms with Crippen molar-refractivity contribution in [1.29, 1.82) is 0 Å². The number of nitrogens with zero attached hydrogens (tertiary/aromatic N) is 3. The van der Waals surface area contributed by atoms with Crippen LogP contribution in [0.4, 0.5) is 0 Å². The fourth-order valence-corrected chi connectivity index (χ4v) is 4.51. The van der Waals surface area contributed by atoms with Crippen molar-refractivity contribution in [3.05, 3.63) is 11.7 Å². The van der Waals surface area contributed by atoms with Crippen LogP contribution in [-0.4, -0.2) is 47.3 Å². The highest BCUT2D eigenvalue weighted by Crippen LogP contribution is 2.30. The van der Waals surface area contributed by atoms with E-state index >= 15 is 0 Å². The number of hydrogen-bond acceptors (Lipinski definition) is 5. The minimum Gasteiger partial charge on any atom is -0.381 e. The number of hydrogen-bond donors (Lipinski definition) is 0. The molecule has 0 N–H and O–H groups in total. The molecule has 0 radical (unpaired) electrons. The molecule has 1 aromatic rings. The molecule has 25 heavy (non-hydrogen) atoms. The number of likely N-dealkylation sites (tertiary alicyclic amines) is 1. The van der Waals surface area contributed by atoms with Gasteiger partial charge in [-0.1, -0.05) is 18.0 Å². The highest BCUT2D eigenvalue weighted by molar-refractivity contribution is 5.79. The molecule has 0 aromatic carbocycles. The number of piperidine rings is 1. The van der Waals surface area contributed by atoms with Gasteiger partial charge >= 0.3 is 0 Å². The van der Waals surface area contributed by atoms with Crippen LogP contribution < -0.4 is 0 Å². The Bertz CT molecular complexity index is 568. The summed E-state index contributed by atoms with van der Waals surface area (Å²) in [4.78, 5) is 19.2. The first-order valence-electron chi connectivity index (χ1n) is 9.98. The Balaban J connectivity index is 1.26. The molecular formula is C19H29N3O3. The zero-order valence-electron chi connectivity index (χ0n) is 15.0. The summed E-state index contributed by atoms with van der Waals surface area (Å²) < 4.78 is 10.9. The quantitative estimate of drug-likeness (QED) is 0.838. The zero-order valence-corrected chi connectivity index (χ0v) is 15.0. The minimum atomic E-state index is 0.300. The molecule has 1 aromatic heterocycles. The maximum absolute atomic E-state index is 12.5. The lowest BCUT2D eigenvalue weighted by Crippen LogP contribution is -2.41. The maximum Gasteiger partial charge on any atom is 0.226 e. The molecule has 3 aliphatic rings. The van der Waals surface area contributed by atoms with E-state index < -0.39 is 0 Å². The lowest BCUT2D eigenvalue weighted by atomic mass is 9.92. The summed E-state index contributed by atoms with van der Waals surface area (Å²) in [7, 11) is 0. The van der Waals surface area contributed by atoms with Crippen molar-refractivity contribution >= 4 is 5.91 Å². The highest BCUT2D eigenvalue weighted by Gasteiger charge is 2.30. The van der Waals surface area contributed by atoms with Gasteiger partial charge in [-0.2, -0.15) is 4.98 Å². The summed E-state index contributed by atoms with van der Waals surface area (Å²) in [6.45, 7) is 3.37. The third-order valence-corrected chi connectivity index (χ3v) is 6.16. The summed E-state index contributed by atoms with van der Waals surface area (Å²) in [5, 5.41) is 4.19. The fraction of sp³-hybridized carbons (Fsp3) is 0.842. The summed E-state index contributed by atoms with van der Waals surface area (Å²) in [6.07, 6.45) is 9.55. The molecule has 0 atom stereocenters. The van der Waals surface area contributed by atoms with Crippen molar-refractivity contribution in [2.45, 2.75) is 63.7 Å². The van der Waals surface area contributed by atoms with E-state index in [4.69, 9.17) is 9.26 Å². The van der Waals surface area contributed by atoms with E-state index in [1.165, 1.54) is 12.8 Å². The van der Waals surface area contributed by atoms with Crippen molar-refractivity contribution in [3.8, 4) is 0 Å². The first-order valence-corrected chi connectivity index (χ1v) is 9.98. The number of ether oxygens (including phenoxy) is 1. The predicted octanol–water partition coefficient (Wildman–Crippen LogP) is 2.93. The normalized spacial score (nSPS) is 24.1. The van der Waals surface area contributed by atoms with Gasteiger partial charge in [0.25, 0.3) is 0 Å². The third-order valence-electron chi connectivity index (χ3n) is 6.16. The molecule has 138 valence electrons. The molecule has 6 heteroatoms. The summed E-state index contributed by atoms with van der Waals surface area (Å²) in [5.74, 6) is 3.26. The van der Waals surface area contributed by atoms with Gasteiger partial charge in [0.15, 0.2) is 5.82 Å². The molecule has 2 aliphatic heterocycles. The predicted molar refractivity (Wildman–Crippen MR) is 92.1 cm³/mol. The maximum atomic E-state index is 12.5. The topological polar surface area (TPSA) is 68.5 Å². The lowest BCUT2D eigenvalue weighted by Gasteiger charge is -2.33. The Kier molecular flexibility index (Phi) is 5.34. The van der Waals surface area contributed by atoms with Crippen molar-refractivity contribution in [3.63, 3.8) is 0 Å². The smallest absolute Gasteiger partial charge is 0.226 e. The molecule has 0 unspecified atom stereocenters. The molecule has 0 bridgehead atoms. The van der Waals surface area contributed by atoms with E-state index in [-0.39, 0.29) is 0 Å². The van der Waals surface area contributed by atoms with E-state index in [0.717, 1.165) is 83.0 Å². The molecule has 3 heterocycles. The molecule has 3 fully saturated rings. The van der Waals surface area contributed by atoms with E-state index in [0.29, 0.717) is 23.7 Å². The van der Waals surface area contributed by atoms with Crippen LogP contribution in [0.1, 0.15) is 69.0 Å². The SMILES string of the molecule is O=C(C1CCCC1)N1CCC(Cc2nc(C3CCOCC3)no2)CC1. The van der Waals surface area contributed by atoms with E-state index in [1.807, 2.05) is 0 Å². The minimum absolute atomic E-state index is 0.300. The molecule has 1 aliphatic carbocycles. The second kappa shape index (κ2) is 7.85. The number of carbonyl (C=O) groups is 1. The number of aromatic nitrogens is 2. The van der Waals surface area contributed by atoms with Gasteiger partial charge in [-0.3, -0.25) is 4.79 Å². The molecule has 6 nitrogen and oxygen atoms in total. The first kappa shape index (κ1) is 17.0. The molecular weight excluding hydrogens is 318 g/mol. The van der Waals surface area contributed by atoms with Gasteiger partial charge in [-0.05, 0) is 44.4 Å². The van der Waals surface area contributed by atoms with Crippen LogP contribution in [-0.2, 0) is 16.0 Å². The second-order valence-corrected chi connectivity index (χ2v) is 7.89. The monoisotopic (exact) mass is 347 g/mol. The van der Waals surface area contributed by atoms with Crippen molar-refractivity contribution in [2.75, 3.05) is 26.3 Å². The van der Waals surface area contributed by atoms with Crippen LogP contribution in [0.25, 0.3) is 0 Å². The summed E-state index contributed by atoms with van der Waals surface area (Å²) in [5.41, 5.74) is 0. The average Bonchev–Trinajstić information content (AvgIpc) is 3.35. The van der Waals surface area contributed by atoms with Crippen LogP contribution in [0.5, 0.6) is 0 Å². The molecule has 1 saturated carbocycles. The van der Waals surface area contributed by atoms with Crippen molar-refractivity contribution in [1.82, 2.24) is 15.0 Å². The van der Waals surface area contributed by atoms with Crippen LogP contribution in [0, 0.1) is 11.8 Å². The Labute approximate surface area is 149 Å². The van der Waals surface area contributed by atoms with Crippen molar-refractivity contribution in [2.24, 2.45) is 11.8 Å². The first-order chi connectivity index (χ1) is 12.3. The lowest BCUT2D eigenvalue weighted by molar-refractivity contribution is -0.136. The Morgan fingerprint density at radius 2 is 1.76 bits per heavy atom. The number of rotatable bonds is 4. The van der Waals surface area contributed by atoms with Crippen LogP contribution in [0.2, 0.25) is 0 Å². The van der Waals surface area contributed by atoms with Crippen molar-refractivity contribution < 1.29 is 14.1 Å². The average molecular weight is 347 g/mol. The van der Waals surface area contributed by atoms with Crippen LogP contribution >= 0.6 is 0 Å². The van der Waals surface area contributed by atoms with Gasteiger partial charge in [-0.25, -0.2) is 0 Å². The van der Waals surface area contributed by atoms with Gasteiger partial charge in [0.1, 0.15) is 0 Å². The van der Waals surface area contributed by atoms with Gasteiger partial charge in [0.2, 0.25) is 11.8 Å². The summed E-state index contributed by atoms with van der Waals surface area (Å²) >= 11 is 0. The molecule has 2 saturated heterocycles. The van der Waals surface area contributed by atoms with E-state index in [9.17, 15) is 4.79 Å². The largest absolute Gasteiger partial charge is 0.381 e. The van der Waals surface area contributed by atoms with Gasteiger partial charge < -0.3 is 14.2 Å². The Morgan fingerprint density at radius 1 is 1.04 bits per heavy atom. The van der Waals surface area contributed by atoms with Gasteiger partial charge in [0.05, 0.1) is 0 Å².